The Morgan fingerprint density at radius 2 is 2.07 bits per heavy atom. The summed E-state index contributed by atoms with van der Waals surface area (Å²) in [6.07, 6.45) is 4.82. The van der Waals surface area contributed by atoms with Crippen molar-refractivity contribution >= 4 is 11.8 Å². The highest BCUT2D eigenvalue weighted by Gasteiger charge is 2.32. The summed E-state index contributed by atoms with van der Waals surface area (Å²) in [7, 11) is 1.62. The van der Waals surface area contributed by atoms with Gasteiger partial charge in [0.05, 0.1) is 18.7 Å². The van der Waals surface area contributed by atoms with Gasteiger partial charge in [0.15, 0.2) is 0 Å². The van der Waals surface area contributed by atoms with Gasteiger partial charge in [0.2, 0.25) is 5.91 Å². The number of amides is 2. The molecule has 0 unspecified atom stereocenters. The fourth-order valence-corrected chi connectivity index (χ4v) is 3.56. The van der Waals surface area contributed by atoms with Crippen molar-refractivity contribution < 1.29 is 19.4 Å². The number of aliphatic hydroxyl groups excluding tert-OH is 1. The molecule has 1 aliphatic rings. The van der Waals surface area contributed by atoms with E-state index in [2.05, 4.69) is 10.3 Å². The number of hydrogen-bond donors (Lipinski definition) is 2. The number of carbonyl (C=O) groups is 2. The maximum atomic E-state index is 12.7. The molecular weight excluding hydrogens is 370 g/mol. The van der Waals surface area contributed by atoms with Gasteiger partial charge in [0, 0.05) is 44.4 Å². The SMILES string of the molecule is COc1ccc(CCC(=O)N2CC[C@H](CO)[C@H](NC(=O)c3cccnc3)C2)cc1. The van der Waals surface area contributed by atoms with Gasteiger partial charge in [-0.1, -0.05) is 12.1 Å². The molecule has 7 heteroatoms. The van der Waals surface area contributed by atoms with E-state index in [0.29, 0.717) is 37.9 Å². The van der Waals surface area contributed by atoms with E-state index in [4.69, 9.17) is 4.74 Å². The van der Waals surface area contributed by atoms with Crippen molar-refractivity contribution in [2.75, 3.05) is 26.8 Å². The van der Waals surface area contributed by atoms with E-state index >= 15 is 0 Å². The number of hydrogen-bond acceptors (Lipinski definition) is 5. The Kier molecular flexibility index (Phi) is 7.19. The summed E-state index contributed by atoms with van der Waals surface area (Å²) in [6, 6.07) is 10.8. The number of aromatic nitrogens is 1. The molecule has 2 aromatic rings. The van der Waals surface area contributed by atoms with Crippen LogP contribution in [-0.4, -0.2) is 59.7 Å². The predicted octanol–water partition coefficient (Wildman–Crippen LogP) is 1.66. The molecule has 2 N–H and O–H groups in total. The molecule has 0 spiro atoms. The van der Waals surface area contributed by atoms with Crippen molar-refractivity contribution in [1.29, 1.82) is 0 Å². The van der Waals surface area contributed by atoms with Crippen molar-refractivity contribution in [1.82, 2.24) is 15.2 Å². The van der Waals surface area contributed by atoms with Crippen LogP contribution in [0.4, 0.5) is 0 Å². The Hall–Kier alpha value is -2.93. The van der Waals surface area contributed by atoms with E-state index in [-0.39, 0.29) is 30.4 Å². The zero-order valence-electron chi connectivity index (χ0n) is 16.6. The summed E-state index contributed by atoms with van der Waals surface area (Å²) in [4.78, 5) is 30.9. The summed E-state index contributed by atoms with van der Waals surface area (Å²) in [6.45, 7) is 0.969. The van der Waals surface area contributed by atoms with Crippen LogP contribution >= 0.6 is 0 Å². The second-order valence-electron chi connectivity index (χ2n) is 7.24. The number of benzene rings is 1. The van der Waals surface area contributed by atoms with Gasteiger partial charge in [0.1, 0.15) is 5.75 Å². The average Bonchev–Trinajstić information content (AvgIpc) is 2.78. The number of pyridine rings is 1. The number of ether oxygens (including phenoxy) is 1. The Morgan fingerprint density at radius 1 is 1.28 bits per heavy atom. The second kappa shape index (κ2) is 10.0. The molecule has 1 saturated heterocycles. The Labute approximate surface area is 170 Å². The van der Waals surface area contributed by atoms with Crippen molar-refractivity contribution in [2.24, 2.45) is 5.92 Å². The first kappa shape index (κ1) is 20.8. The third-order valence-corrected chi connectivity index (χ3v) is 5.37. The van der Waals surface area contributed by atoms with E-state index in [0.717, 1.165) is 11.3 Å². The molecule has 1 aromatic heterocycles. The van der Waals surface area contributed by atoms with Gasteiger partial charge < -0.3 is 20.1 Å². The van der Waals surface area contributed by atoms with Gasteiger partial charge in [-0.3, -0.25) is 14.6 Å². The summed E-state index contributed by atoms with van der Waals surface area (Å²) in [5, 5.41) is 12.6. The third kappa shape index (κ3) is 5.54. The van der Waals surface area contributed by atoms with Gasteiger partial charge in [-0.05, 0) is 42.7 Å². The van der Waals surface area contributed by atoms with Gasteiger partial charge in [0.25, 0.3) is 5.91 Å². The van der Waals surface area contributed by atoms with E-state index in [1.165, 1.54) is 6.20 Å². The Bertz CT molecular complexity index is 811. The molecule has 2 atom stereocenters. The van der Waals surface area contributed by atoms with Gasteiger partial charge in [-0.25, -0.2) is 0 Å². The normalized spacial score (nSPS) is 18.9. The van der Waals surface area contributed by atoms with Crippen LogP contribution in [0.5, 0.6) is 5.75 Å². The lowest BCUT2D eigenvalue weighted by Gasteiger charge is -2.38. The third-order valence-electron chi connectivity index (χ3n) is 5.37. The van der Waals surface area contributed by atoms with Crippen LogP contribution in [0.2, 0.25) is 0 Å². The number of nitrogens with one attached hydrogen (secondary N) is 1. The van der Waals surface area contributed by atoms with Gasteiger partial charge in [-0.15, -0.1) is 0 Å². The maximum absolute atomic E-state index is 12.7. The number of aryl methyl sites for hydroxylation is 1. The fourth-order valence-electron chi connectivity index (χ4n) is 3.56. The molecule has 1 aliphatic heterocycles. The van der Waals surface area contributed by atoms with Gasteiger partial charge in [-0.2, -0.15) is 0 Å². The topological polar surface area (TPSA) is 91.8 Å². The maximum Gasteiger partial charge on any atom is 0.253 e. The van der Waals surface area contributed by atoms with E-state index in [9.17, 15) is 14.7 Å². The minimum atomic E-state index is -0.286. The Morgan fingerprint density at radius 3 is 2.72 bits per heavy atom. The van der Waals surface area contributed by atoms with Crippen LogP contribution in [0.3, 0.4) is 0 Å². The molecule has 0 bridgehead atoms. The molecule has 0 aliphatic carbocycles. The highest BCUT2D eigenvalue weighted by molar-refractivity contribution is 5.94. The first-order chi connectivity index (χ1) is 14.1. The highest BCUT2D eigenvalue weighted by Crippen LogP contribution is 2.20. The molecule has 1 fully saturated rings. The second-order valence-corrected chi connectivity index (χ2v) is 7.24. The van der Waals surface area contributed by atoms with Crippen molar-refractivity contribution in [3.05, 3.63) is 59.9 Å². The standard InChI is InChI=1S/C22H27N3O4/c1-29-19-7-4-16(5-8-19)6-9-21(27)25-12-10-18(15-26)20(14-25)24-22(28)17-3-2-11-23-13-17/h2-5,7-8,11,13,18,20,26H,6,9-10,12,14-15H2,1H3,(H,24,28)/t18-,20-/m1/s1. The molecule has 7 nitrogen and oxygen atoms in total. The molecular formula is C22H27N3O4. The minimum absolute atomic E-state index is 0.0220. The minimum Gasteiger partial charge on any atom is -0.497 e. The quantitative estimate of drug-likeness (QED) is 0.741. The first-order valence-electron chi connectivity index (χ1n) is 9.83. The molecule has 2 heterocycles. The molecule has 0 radical (unpaired) electrons. The number of likely N-dealkylation sites (tertiary alicyclic amines) is 1. The number of nitrogens with zero attached hydrogens (tertiary/aromatic N) is 2. The molecule has 3 rings (SSSR count). The summed E-state index contributed by atoms with van der Waals surface area (Å²) >= 11 is 0. The van der Waals surface area contributed by atoms with Gasteiger partial charge >= 0.3 is 0 Å². The molecule has 29 heavy (non-hydrogen) atoms. The first-order valence-corrected chi connectivity index (χ1v) is 9.83. The Balaban J connectivity index is 1.56. The van der Waals surface area contributed by atoms with Crippen LogP contribution < -0.4 is 10.1 Å². The monoisotopic (exact) mass is 397 g/mol. The summed E-state index contributed by atoms with van der Waals surface area (Å²) in [5.74, 6) is 0.534. The zero-order valence-corrected chi connectivity index (χ0v) is 16.6. The van der Waals surface area contributed by atoms with Crippen molar-refractivity contribution in [3.8, 4) is 5.75 Å². The molecule has 0 saturated carbocycles. The smallest absolute Gasteiger partial charge is 0.253 e. The molecule has 154 valence electrons. The fraction of sp³-hybridized carbons (Fsp3) is 0.409. The van der Waals surface area contributed by atoms with Crippen LogP contribution in [-0.2, 0) is 11.2 Å². The summed E-state index contributed by atoms with van der Waals surface area (Å²) < 4.78 is 5.15. The number of rotatable bonds is 7. The number of piperidine rings is 1. The van der Waals surface area contributed by atoms with Crippen LogP contribution in [0, 0.1) is 5.92 Å². The zero-order chi connectivity index (χ0) is 20.6. The van der Waals surface area contributed by atoms with Crippen LogP contribution in [0.1, 0.15) is 28.8 Å². The average molecular weight is 397 g/mol. The lowest BCUT2D eigenvalue weighted by Crippen LogP contribution is -2.55. The van der Waals surface area contributed by atoms with E-state index in [1.54, 1.807) is 30.3 Å². The van der Waals surface area contributed by atoms with Crippen LogP contribution in [0.15, 0.2) is 48.8 Å². The predicted molar refractivity (Wildman–Crippen MR) is 109 cm³/mol. The lowest BCUT2D eigenvalue weighted by molar-refractivity contribution is -0.133. The number of methoxy groups -OCH3 is 1. The molecule has 1 aromatic carbocycles. The highest BCUT2D eigenvalue weighted by atomic mass is 16.5. The number of carbonyl (C=O) groups excluding carboxylic acids is 2. The number of aliphatic hydroxyl groups is 1. The van der Waals surface area contributed by atoms with Crippen LogP contribution in [0.25, 0.3) is 0 Å². The van der Waals surface area contributed by atoms with Crippen molar-refractivity contribution in [2.45, 2.75) is 25.3 Å². The van der Waals surface area contributed by atoms with E-state index < -0.39 is 0 Å². The molecule has 2 amide bonds. The van der Waals surface area contributed by atoms with Crippen molar-refractivity contribution in [3.63, 3.8) is 0 Å². The van der Waals surface area contributed by atoms with E-state index in [1.807, 2.05) is 24.3 Å². The summed E-state index contributed by atoms with van der Waals surface area (Å²) in [5.41, 5.74) is 1.54. The lowest BCUT2D eigenvalue weighted by atomic mass is 9.91. The largest absolute Gasteiger partial charge is 0.497 e.